The van der Waals surface area contributed by atoms with E-state index in [0.29, 0.717) is 32.1 Å². The van der Waals surface area contributed by atoms with Crippen LogP contribution in [0.15, 0.2) is 0 Å². The van der Waals surface area contributed by atoms with E-state index in [-0.39, 0.29) is 51.7 Å². The van der Waals surface area contributed by atoms with Crippen LogP contribution in [0.3, 0.4) is 0 Å². The predicted molar refractivity (Wildman–Crippen MR) is 169 cm³/mol. The Labute approximate surface area is 287 Å². The molecule has 0 aliphatic carbocycles. The van der Waals surface area contributed by atoms with Gasteiger partial charge < -0.3 is 43.0 Å². The van der Waals surface area contributed by atoms with E-state index >= 15 is 0 Å². The fourth-order valence-electron chi connectivity index (χ4n) is 5.68. The minimum Gasteiger partial charge on any atom is -0.481 e. The molecule has 9 atom stereocenters. The highest BCUT2D eigenvalue weighted by molar-refractivity contribution is 5.73. The molecule has 15 heteroatoms. The van der Waals surface area contributed by atoms with Gasteiger partial charge in [0.25, 0.3) is 0 Å². The fraction of sp³-hybridized carbons (Fsp3) is 0.824. The van der Waals surface area contributed by atoms with Gasteiger partial charge in [-0.05, 0) is 38.5 Å². The molecule has 2 heterocycles. The van der Waals surface area contributed by atoms with Crippen LogP contribution in [-0.2, 0) is 66.7 Å². The largest absolute Gasteiger partial charge is 0.481 e. The van der Waals surface area contributed by atoms with Gasteiger partial charge in [0.2, 0.25) is 6.29 Å². The van der Waals surface area contributed by atoms with Gasteiger partial charge in [-0.25, -0.2) is 0 Å². The molecular weight excluding hydrogens is 648 g/mol. The third-order valence-electron chi connectivity index (χ3n) is 8.00. The monoisotopic (exact) mass is 702 g/mol. The van der Waals surface area contributed by atoms with Gasteiger partial charge in [0.15, 0.2) is 30.7 Å². The van der Waals surface area contributed by atoms with Crippen LogP contribution in [-0.4, -0.2) is 97.2 Å². The molecular formula is C34H54O15. The molecule has 0 saturated carbocycles. The van der Waals surface area contributed by atoms with Crippen molar-refractivity contribution in [3.8, 4) is 0 Å². The van der Waals surface area contributed by atoms with E-state index < -0.39 is 90.8 Å². The number of hydrogen-bond acceptors (Lipinski definition) is 14. The molecule has 0 spiro atoms. The summed E-state index contributed by atoms with van der Waals surface area (Å²) in [5.41, 5.74) is 0. The van der Waals surface area contributed by atoms with Crippen LogP contribution in [0.1, 0.15) is 112 Å². The molecule has 2 saturated heterocycles. The topological polar surface area (TPSA) is 196 Å². The molecule has 2 aliphatic heterocycles. The molecule has 49 heavy (non-hydrogen) atoms. The van der Waals surface area contributed by atoms with Crippen LogP contribution in [0.4, 0.5) is 0 Å². The van der Waals surface area contributed by atoms with Crippen LogP contribution in [0.25, 0.3) is 0 Å². The summed E-state index contributed by atoms with van der Waals surface area (Å²) in [4.78, 5) is 76.2. The molecule has 0 bridgehead atoms. The van der Waals surface area contributed by atoms with Crippen LogP contribution >= 0.6 is 0 Å². The summed E-state index contributed by atoms with van der Waals surface area (Å²) >= 11 is 0. The summed E-state index contributed by atoms with van der Waals surface area (Å²) in [5.74, 6) is -6.78. The van der Waals surface area contributed by atoms with E-state index in [4.69, 9.17) is 37.9 Å². The first-order valence-corrected chi connectivity index (χ1v) is 17.5. The van der Waals surface area contributed by atoms with Crippen molar-refractivity contribution in [2.45, 2.75) is 155 Å². The summed E-state index contributed by atoms with van der Waals surface area (Å²) in [7, 11) is 0. The van der Waals surface area contributed by atoms with Crippen LogP contribution < -0.4 is 0 Å². The Morgan fingerprint density at radius 3 is 1.33 bits per heavy atom. The van der Waals surface area contributed by atoms with Crippen LogP contribution in [0.2, 0.25) is 0 Å². The van der Waals surface area contributed by atoms with E-state index in [1.807, 2.05) is 0 Å². The van der Waals surface area contributed by atoms with Crippen LogP contribution in [0.5, 0.6) is 0 Å². The van der Waals surface area contributed by atoms with Gasteiger partial charge >= 0.3 is 35.8 Å². The average Bonchev–Trinajstić information content (AvgIpc) is 3.03. The Morgan fingerprint density at radius 2 is 0.918 bits per heavy atom. The normalized spacial score (nSPS) is 27.3. The zero-order valence-corrected chi connectivity index (χ0v) is 29.6. The smallest absolute Gasteiger partial charge is 0.307 e. The Kier molecular flexibility index (Phi) is 18.6. The molecule has 280 valence electrons. The summed E-state index contributed by atoms with van der Waals surface area (Å²) in [6, 6.07) is 0. The fourth-order valence-corrected chi connectivity index (χ4v) is 5.68. The van der Waals surface area contributed by atoms with Gasteiger partial charge in [-0.2, -0.15) is 0 Å². The number of carboxylic acid groups (broad SMARTS) is 1. The van der Waals surface area contributed by atoms with Gasteiger partial charge in [-0.15, -0.1) is 0 Å². The average molecular weight is 703 g/mol. The molecule has 0 amide bonds. The first-order valence-electron chi connectivity index (χ1n) is 17.5. The third kappa shape index (κ3) is 12.8. The van der Waals surface area contributed by atoms with E-state index in [1.165, 1.54) is 0 Å². The second-order valence-corrected chi connectivity index (χ2v) is 12.1. The lowest BCUT2D eigenvalue weighted by molar-refractivity contribution is -0.350. The summed E-state index contributed by atoms with van der Waals surface area (Å²) in [6.45, 7) is 9.87. The Bertz CT molecular complexity index is 1090. The molecule has 15 nitrogen and oxygen atoms in total. The molecule has 0 aromatic carbocycles. The molecule has 1 unspecified atom stereocenters. The molecule has 2 aliphatic rings. The zero-order chi connectivity index (χ0) is 36.5. The van der Waals surface area contributed by atoms with Crippen molar-refractivity contribution >= 4 is 35.8 Å². The highest BCUT2D eigenvalue weighted by Gasteiger charge is 2.54. The number of esters is 5. The van der Waals surface area contributed by atoms with E-state index in [0.717, 1.165) is 0 Å². The van der Waals surface area contributed by atoms with Gasteiger partial charge in [0.05, 0.1) is 25.0 Å². The first kappa shape index (κ1) is 41.9. The van der Waals surface area contributed by atoms with Crippen molar-refractivity contribution in [1.29, 1.82) is 0 Å². The molecule has 1 N–H and O–H groups in total. The minimum absolute atomic E-state index is 0.00112. The highest BCUT2D eigenvalue weighted by Crippen LogP contribution is 2.38. The quantitative estimate of drug-likeness (QED) is 0.141. The van der Waals surface area contributed by atoms with Crippen molar-refractivity contribution in [3.05, 3.63) is 0 Å². The van der Waals surface area contributed by atoms with Crippen molar-refractivity contribution < 1.29 is 71.8 Å². The van der Waals surface area contributed by atoms with Crippen molar-refractivity contribution in [1.82, 2.24) is 0 Å². The summed E-state index contributed by atoms with van der Waals surface area (Å²) < 4.78 is 46.7. The maximum absolute atomic E-state index is 12.9. The standard InChI is InChI=1S/C34H54O15/c1-7-13-23(35)44-21-18-42-33(28(20(12-6)32(40)41)29(21)46-25(37)15-9-3)49-34-31(48-27(39)17-11-5)30(47-26(38)16-10-4)22(19-43-34)45-24(36)14-8-2/h20-22,28-31,33-34H,7-19H2,1-6H3,(H,40,41)/t20?,21-,22-,28-,29-,30+,31-,33-,34-/m1/s1. The van der Waals surface area contributed by atoms with Crippen LogP contribution in [0, 0.1) is 11.8 Å². The van der Waals surface area contributed by atoms with E-state index in [1.54, 1.807) is 41.5 Å². The van der Waals surface area contributed by atoms with Gasteiger partial charge in [0.1, 0.15) is 6.10 Å². The number of carbonyl (C=O) groups excluding carboxylic acids is 5. The molecule has 2 fully saturated rings. The maximum atomic E-state index is 12.9. The zero-order valence-electron chi connectivity index (χ0n) is 29.6. The minimum atomic E-state index is -1.51. The highest BCUT2D eigenvalue weighted by atomic mass is 16.8. The number of rotatable bonds is 20. The maximum Gasteiger partial charge on any atom is 0.307 e. The number of ether oxygens (including phenoxy) is 8. The number of hydrogen-bond donors (Lipinski definition) is 1. The van der Waals surface area contributed by atoms with Gasteiger partial charge in [0, 0.05) is 32.1 Å². The van der Waals surface area contributed by atoms with E-state index in [9.17, 15) is 33.9 Å². The summed E-state index contributed by atoms with van der Waals surface area (Å²) in [6.07, 6.45) is -6.78. The second kappa shape index (κ2) is 21.7. The Hall–Kier alpha value is -3.30. The molecule has 0 aromatic rings. The number of aliphatic carboxylic acids is 1. The number of carbonyl (C=O) groups is 6. The van der Waals surface area contributed by atoms with E-state index in [2.05, 4.69) is 0 Å². The van der Waals surface area contributed by atoms with Crippen molar-refractivity contribution in [3.63, 3.8) is 0 Å². The Balaban J connectivity index is 2.58. The van der Waals surface area contributed by atoms with Crippen molar-refractivity contribution in [2.75, 3.05) is 13.2 Å². The van der Waals surface area contributed by atoms with Gasteiger partial charge in [-0.1, -0.05) is 41.5 Å². The SMILES string of the molecule is CCCC(=O)O[C@@H]1[C@@H](OC(=O)CCC)[C@@H](O[C@H]2OC[C@@H](OC(=O)CCC)[C@@H](OC(=O)CCC)[C@H]2C(CC)C(=O)O)OC[C@H]1OC(=O)CCC. The predicted octanol–water partition coefficient (Wildman–Crippen LogP) is 4.00. The molecule has 2 rings (SSSR count). The molecule has 0 aromatic heterocycles. The number of carboxylic acids is 1. The lowest BCUT2D eigenvalue weighted by Crippen LogP contribution is -2.62. The lowest BCUT2D eigenvalue weighted by atomic mass is 9.81. The first-order chi connectivity index (χ1) is 23.4. The van der Waals surface area contributed by atoms with Crippen molar-refractivity contribution in [2.24, 2.45) is 11.8 Å². The lowest BCUT2D eigenvalue weighted by Gasteiger charge is -2.46. The Morgan fingerprint density at radius 1 is 0.551 bits per heavy atom. The summed E-state index contributed by atoms with van der Waals surface area (Å²) in [5, 5.41) is 10.3. The second-order valence-electron chi connectivity index (χ2n) is 12.1. The van der Waals surface area contributed by atoms with Gasteiger partial charge in [-0.3, -0.25) is 28.8 Å². The third-order valence-corrected chi connectivity index (χ3v) is 8.00. The molecule has 0 radical (unpaired) electrons.